The van der Waals surface area contributed by atoms with Crippen LogP contribution < -0.4 is 0 Å². The van der Waals surface area contributed by atoms with E-state index in [2.05, 4.69) is 4.99 Å². The first kappa shape index (κ1) is 9.65. The Morgan fingerprint density at radius 3 is 2.54 bits per heavy atom. The van der Waals surface area contributed by atoms with Crippen molar-refractivity contribution in [2.45, 2.75) is 19.9 Å². The zero-order chi connectivity index (χ0) is 9.68. The van der Waals surface area contributed by atoms with Crippen molar-refractivity contribution >= 4 is 12.0 Å². The van der Waals surface area contributed by atoms with Crippen molar-refractivity contribution in [3.05, 3.63) is 35.9 Å². The van der Waals surface area contributed by atoms with Crippen LogP contribution in [0.25, 0.3) is 0 Å². The van der Waals surface area contributed by atoms with E-state index in [0.29, 0.717) is 0 Å². The standard InChI is InChI=1S/C11H13NO/c1-9(10(2)13)12-8-11-6-4-3-5-7-11/h3-9H,1-2H3. The summed E-state index contributed by atoms with van der Waals surface area (Å²) in [5.41, 5.74) is 1.02. The van der Waals surface area contributed by atoms with Gasteiger partial charge < -0.3 is 0 Å². The number of nitrogens with zero attached hydrogens (tertiary/aromatic N) is 1. The molecule has 0 bridgehead atoms. The van der Waals surface area contributed by atoms with E-state index in [0.717, 1.165) is 5.56 Å². The van der Waals surface area contributed by atoms with Crippen LogP contribution in [-0.4, -0.2) is 18.0 Å². The van der Waals surface area contributed by atoms with E-state index in [1.165, 1.54) is 0 Å². The van der Waals surface area contributed by atoms with Crippen molar-refractivity contribution in [1.82, 2.24) is 0 Å². The van der Waals surface area contributed by atoms with Crippen LogP contribution >= 0.6 is 0 Å². The summed E-state index contributed by atoms with van der Waals surface area (Å²) in [7, 11) is 0. The van der Waals surface area contributed by atoms with Crippen LogP contribution in [0.4, 0.5) is 0 Å². The van der Waals surface area contributed by atoms with E-state index < -0.39 is 0 Å². The summed E-state index contributed by atoms with van der Waals surface area (Å²) in [6, 6.07) is 9.51. The average molecular weight is 175 g/mol. The molecule has 0 heterocycles. The summed E-state index contributed by atoms with van der Waals surface area (Å²) >= 11 is 0. The zero-order valence-corrected chi connectivity index (χ0v) is 7.90. The van der Waals surface area contributed by atoms with Crippen LogP contribution in [0.5, 0.6) is 0 Å². The molecule has 0 spiro atoms. The molecule has 0 saturated carbocycles. The van der Waals surface area contributed by atoms with Gasteiger partial charge in [-0.15, -0.1) is 0 Å². The lowest BCUT2D eigenvalue weighted by Crippen LogP contribution is -2.09. The molecule has 13 heavy (non-hydrogen) atoms. The van der Waals surface area contributed by atoms with Gasteiger partial charge in [0.25, 0.3) is 0 Å². The molecular weight excluding hydrogens is 162 g/mol. The first-order valence-corrected chi connectivity index (χ1v) is 4.29. The Kier molecular flexibility index (Phi) is 3.38. The highest BCUT2D eigenvalue weighted by atomic mass is 16.1. The Bertz CT molecular complexity index is 303. The minimum absolute atomic E-state index is 0.0900. The van der Waals surface area contributed by atoms with E-state index in [-0.39, 0.29) is 11.8 Å². The zero-order valence-electron chi connectivity index (χ0n) is 7.90. The van der Waals surface area contributed by atoms with Crippen LogP contribution in [0.3, 0.4) is 0 Å². The Balaban J connectivity index is 2.64. The van der Waals surface area contributed by atoms with Gasteiger partial charge in [0, 0.05) is 6.21 Å². The molecule has 1 atom stereocenters. The molecule has 0 radical (unpaired) electrons. The van der Waals surface area contributed by atoms with Gasteiger partial charge in [-0.2, -0.15) is 0 Å². The topological polar surface area (TPSA) is 29.4 Å². The van der Waals surface area contributed by atoms with Crippen molar-refractivity contribution in [2.75, 3.05) is 0 Å². The first-order valence-electron chi connectivity index (χ1n) is 4.29. The van der Waals surface area contributed by atoms with Gasteiger partial charge in [-0.25, -0.2) is 0 Å². The first-order chi connectivity index (χ1) is 6.20. The number of Topliss-reactive ketones (excluding diaryl/α,β-unsaturated/α-hetero) is 1. The molecule has 1 aromatic carbocycles. The third-order valence-corrected chi connectivity index (χ3v) is 1.84. The van der Waals surface area contributed by atoms with Crippen molar-refractivity contribution in [3.63, 3.8) is 0 Å². The molecule has 0 aliphatic heterocycles. The number of benzene rings is 1. The van der Waals surface area contributed by atoms with Crippen LogP contribution in [0.15, 0.2) is 35.3 Å². The molecule has 1 unspecified atom stereocenters. The van der Waals surface area contributed by atoms with Crippen molar-refractivity contribution in [3.8, 4) is 0 Å². The number of rotatable bonds is 3. The molecule has 0 aliphatic rings. The fourth-order valence-corrected chi connectivity index (χ4v) is 0.842. The highest BCUT2D eigenvalue weighted by molar-refractivity contribution is 5.86. The summed E-state index contributed by atoms with van der Waals surface area (Å²) in [5, 5.41) is 0. The van der Waals surface area contributed by atoms with E-state index in [1.54, 1.807) is 20.1 Å². The Morgan fingerprint density at radius 1 is 1.38 bits per heavy atom. The van der Waals surface area contributed by atoms with E-state index in [9.17, 15) is 4.79 Å². The number of carbonyl (C=O) groups excluding carboxylic acids is 1. The molecule has 0 aliphatic carbocycles. The molecule has 0 fully saturated rings. The number of hydrogen-bond donors (Lipinski definition) is 0. The van der Waals surface area contributed by atoms with Gasteiger partial charge in [-0.3, -0.25) is 9.79 Å². The summed E-state index contributed by atoms with van der Waals surface area (Å²) in [6.45, 7) is 3.34. The molecule has 0 aromatic heterocycles. The van der Waals surface area contributed by atoms with E-state index in [4.69, 9.17) is 0 Å². The molecule has 0 amide bonds. The maximum Gasteiger partial charge on any atom is 0.153 e. The summed E-state index contributed by atoms with van der Waals surface area (Å²) in [5.74, 6) is 0.0900. The third kappa shape index (κ3) is 3.20. The second-order valence-electron chi connectivity index (χ2n) is 2.98. The lowest BCUT2D eigenvalue weighted by Gasteiger charge is -1.98. The second-order valence-corrected chi connectivity index (χ2v) is 2.98. The van der Waals surface area contributed by atoms with Crippen LogP contribution in [0.1, 0.15) is 19.4 Å². The van der Waals surface area contributed by atoms with Gasteiger partial charge >= 0.3 is 0 Å². The molecule has 1 aromatic rings. The van der Waals surface area contributed by atoms with Crippen LogP contribution in [0, 0.1) is 0 Å². The summed E-state index contributed by atoms with van der Waals surface area (Å²) < 4.78 is 0. The Morgan fingerprint density at radius 2 is 2.00 bits per heavy atom. The van der Waals surface area contributed by atoms with Crippen LogP contribution in [-0.2, 0) is 4.79 Å². The molecule has 0 N–H and O–H groups in total. The molecule has 2 nitrogen and oxygen atoms in total. The minimum Gasteiger partial charge on any atom is -0.298 e. The maximum atomic E-state index is 10.9. The number of hydrogen-bond acceptors (Lipinski definition) is 2. The Labute approximate surface area is 78.3 Å². The largest absolute Gasteiger partial charge is 0.298 e. The van der Waals surface area contributed by atoms with E-state index >= 15 is 0 Å². The van der Waals surface area contributed by atoms with E-state index in [1.807, 2.05) is 30.3 Å². The molecule has 1 rings (SSSR count). The fraction of sp³-hybridized carbons (Fsp3) is 0.273. The second kappa shape index (κ2) is 4.55. The molecular formula is C11H13NO. The lowest BCUT2D eigenvalue weighted by molar-refractivity contribution is -0.117. The minimum atomic E-state index is -0.236. The molecule has 0 saturated heterocycles. The van der Waals surface area contributed by atoms with Crippen molar-refractivity contribution in [1.29, 1.82) is 0 Å². The van der Waals surface area contributed by atoms with Crippen LogP contribution in [0.2, 0.25) is 0 Å². The van der Waals surface area contributed by atoms with Gasteiger partial charge in [0.05, 0.1) is 0 Å². The number of ketones is 1. The molecule has 2 heteroatoms. The van der Waals surface area contributed by atoms with Crippen molar-refractivity contribution < 1.29 is 4.79 Å². The predicted octanol–water partition coefficient (Wildman–Crippen LogP) is 2.08. The normalized spacial score (nSPS) is 13.1. The van der Waals surface area contributed by atoms with Gasteiger partial charge in [-0.1, -0.05) is 30.3 Å². The monoisotopic (exact) mass is 175 g/mol. The predicted molar refractivity (Wildman–Crippen MR) is 54.2 cm³/mol. The SMILES string of the molecule is CC(=O)C(C)N=Cc1ccccc1. The van der Waals surface area contributed by atoms with Gasteiger partial charge in [0.2, 0.25) is 0 Å². The summed E-state index contributed by atoms with van der Waals surface area (Å²) in [4.78, 5) is 15.0. The number of aliphatic imine (C=N–C) groups is 1. The van der Waals surface area contributed by atoms with Gasteiger partial charge in [0.1, 0.15) is 6.04 Å². The fourth-order valence-electron chi connectivity index (χ4n) is 0.842. The summed E-state index contributed by atoms with van der Waals surface area (Å²) in [6.07, 6.45) is 1.73. The third-order valence-electron chi connectivity index (χ3n) is 1.84. The lowest BCUT2D eigenvalue weighted by atomic mass is 10.2. The van der Waals surface area contributed by atoms with Gasteiger partial charge in [0.15, 0.2) is 5.78 Å². The molecule has 68 valence electrons. The smallest absolute Gasteiger partial charge is 0.153 e. The van der Waals surface area contributed by atoms with Gasteiger partial charge in [-0.05, 0) is 19.4 Å². The van der Waals surface area contributed by atoms with Crippen molar-refractivity contribution in [2.24, 2.45) is 4.99 Å². The maximum absolute atomic E-state index is 10.9. The Hall–Kier alpha value is -1.44. The quantitative estimate of drug-likeness (QED) is 0.647. The number of carbonyl (C=O) groups is 1. The highest BCUT2D eigenvalue weighted by Crippen LogP contribution is 1.96. The average Bonchev–Trinajstić information content (AvgIpc) is 2.15. The highest BCUT2D eigenvalue weighted by Gasteiger charge is 2.01.